The first-order valence-corrected chi connectivity index (χ1v) is 12.9. The van der Waals surface area contributed by atoms with Gasteiger partial charge in [-0.2, -0.15) is 0 Å². The van der Waals surface area contributed by atoms with Crippen LogP contribution in [0.2, 0.25) is 0 Å². The van der Waals surface area contributed by atoms with Crippen molar-refractivity contribution in [3.63, 3.8) is 0 Å². The van der Waals surface area contributed by atoms with Gasteiger partial charge in [0.25, 0.3) is 10.0 Å². The second kappa shape index (κ2) is 11.6. The van der Waals surface area contributed by atoms with E-state index in [-0.39, 0.29) is 39.9 Å². The first-order chi connectivity index (χ1) is 18.3. The van der Waals surface area contributed by atoms with Crippen molar-refractivity contribution in [1.29, 1.82) is 0 Å². The fourth-order valence-electron chi connectivity index (χ4n) is 3.50. The van der Waals surface area contributed by atoms with E-state index in [1.54, 1.807) is 12.1 Å². The lowest BCUT2D eigenvalue weighted by Crippen LogP contribution is -2.16. The van der Waals surface area contributed by atoms with Crippen molar-refractivity contribution in [2.24, 2.45) is 5.18 Å². The topological polar surface area (TPSA) is 120 Å². The van der Waals surface area contributed by atoms with Crippen LogP contribution in [-0.4, -0.2) is 21.5 Å². The maximum absolute atomic E-state index is 12.9. The van der Waals surface area contributed by atoms with Gasteiger partial charge in [0.2, 0.25) is 0 Å². The second-order valence-corrected chi connectivity index (χ2v) is 9.90. The Morgan fingerprint density at radius 1 is 0.895 bits per heavy atom. The quantitative estimate of drug-likeness (QED) is 0.187. The van der Waals surface area contributed by atoms with Gasteiger partial charge in [-0.15, -0.1) is 4.91 Å². The van der Waals surface area contributed by atoms with Crippen LogP contribution in [0.15, 0.2) is 101 Å². The molecule has 0 saturated heterocycles. The van der Waals surface area contributed by atoms with Crippen LogP contribution in [0.1, 0.15) is 21.5 Å². The van der Waals surface area contributed by atoms with Gasteiger partial charge in [-0.3, -0.25) is 4.72 Å². The number of esters is 1. The molecular weight excluding hydrogens is 508 g/mol. The molecule has 4 aromatic carbocycles. The smallest absolute Gasteiger partial charge is 0.340 e. The standard InChI is InChI=1S/C28H24N2O7S/c1-19-8-12-23(13-9-19)38(33,34)30-25-14-10-21(16-24(25)28(31)35-2)37-22-11-15-26(29-32)27(17-22)36-18-20-6-4-3-5-7-20/h3-17,30H,18H2,1-2H3. The lowest BCUT2D eigenvalue weighted by atomic mass is 10.1. The minimum Gasteiger partial charge on any atom is -0.486 e. The number of methoxy groups -OCH3 is 1. The first-order valence-electron chi connectivity index (χ1n) is 11.4. The third-order valence-corrected chi connectivity index (χ3v) is 6.86. The van der Waals surface area contributed by atoms with Crippen molar-refractivity contribution in [1.82, 2.24) is 0 Å². The molecule has 0 unspecified atom stereocenters. The van der Waals surface area contributed by atoms with Gasteiger partial charge in [0.05, 0.1) is 23.3 Å². The summed E-state index contributed by atoms with van der Waals surface area (Å²) in [5, 5.41) is 3.00. The zero-order valence-electron chi connectivity index (χ0n) is 20.6. The van der Waals surface area contributed by atoms with Crippen LogP contribution < -0.4 is 14.2 Å². The third-order valence-electron chi connectivity index (χ3n) is 5.47. The molecule has 0 aliphatic heterocycles. The molecule has 1 N–H and O–H groups in total. The van der Waals surface area contributed by atoms with Gasteiger partial charge in [0, 0.05) is 6.07 Å². The molecule has 0 aromatic heterocycles. The van der Waals surface area contributed by atoms with E-state index in [0.29, 0.717) is 5.75 Å². The zero-order valence-corrected chi connectivity index (χ0v) is 21.4. The molecule has 0 radical (unpaired) electrons. The number of nitroso groups, excluding NO2 is 1. The predicted molar refractivity (Wildman–Crippen MR) is 143 cm³/mol. The molecule has 10 heteroatoms. The summed E-state index contributed by atoms with van der Waals surface area (Å²) in [7, 11) is -2.77. The number of carbonyl (C=O) groups is 1. The molecule has 4 aromatic rings. The fourth-order valence-corrected chi connectivity index (χ4v) is 4.58. The van der Waals surface area contributed by atoms with E-state index >= 15 is 0 Å². The van der Waals surface area contributed by atoms with Crippen molar-refractivity contribution >= 4 is 27.4 Å². The molecule has 0 amide bonds. The number of hydrogen-bond donors (Lipinski definition) is 1. The number of benzene rings is 4. The summed E-state index contributed by atoms with van der Waals surface area (Å²) >= 11 is 0. The lowest BCUT2D eigenvalue weighted by molar-refractivity contribution is 0.0601. The Morgan fingerprint density at radius 3 is 2.26 bits per heavy atom. The summed E-state index contributed by atoms with van der Waals surface area (Å²) in [6, 6.07) is 24.5. The van der Waals surface area contributed by atoms with Crippen LogP contribution in [0.3, 0.4) is 0 Å². The lowest BCUT2D eigenvalue weighted by Gasteiger charge is -2.14. The summed E-state index contributed by atoms with van der Waals surface area (Å²) < 4.78 is 44.7. The Morgan fingerprint density at radius 2 is 1.58 bits per heavy atom. The van der Waals surface area contributed by atoms with Crippen LogP contribution >= 0.6 is 0 Å². The minimum atomic E-state index is -3.96. The van der Waals surface area contributed by atoms with Gasteiger partial charge in [0.1, 0.15) is 23.8 Å². The Labute approximate surface area is 220 Å². The zero-order chi connectivity index (χ0) is 27.1. The van der Waals surface area contributed by atoms with E-state index in [4.69, 9.17) is 14.2 Å². The molecule has 38 heavy (non-hydrogen) atoms. The van der Waals surface area contributed by atoms with E-state index in [9.17, 15) is 18.1 Å². The Kier molecular flexibility index (Phi) is 8.03. The van der Waals surface area contributed by atoms with E-state index in [0.717, 1.165) is 11.1 Å². The average molecular weight is 533 g/mol. The van der Waals surface area contributed by atoms with E-state index in [2.05, 4.69) is 9.90 Å². The molecule has 0 saturated carbocycles. The fraction of sp³-hybridized carbons (Fsp3) is 0.107. The molecule has 0 atom stereocenters. The third kappa shape index (κ3) is 6.34. The first kappa shape index (κ1) is 26.4. The number of nitrogens with zero attached hydrogens (tertiary/aromatic N) is 1. The van der Waals surface area contributed by atoms with E-state index in [1.807, 2.05) is 37.3 Å². The number of hydrogen-bond acceptors (Lipinski definition) is 8. The van der Waals surface area contributed by atoms with Crippen molar-refractivity contribution in [3.8, 4) is 17.2 Å². The number of aryl methyl sites for hydroxylation is 1. The van der Waals surface area contributed by atoms with Gasteiger partial charge in [-0.25, -0.2) is 13.2 Å². The van der Waals surface area contributed by atoms with Crippen LogP contribution in [0.25, 0.3) is 0 Å². The predicted octanol–water partition coefficient (Wildman–Crippen LogP) is 6.35. The van der Waals surface area contributed by atoms with Crippen molar-refractivity contribution in [2.45, 2.75) is 18.4 Å². The highest BCUT2D eigenvalue weighted by atomic mass is 32.2. The molecule has 4 rings (SSSR count). The molecule has 0 aliphatic rings. The summed E-state index contributed by atoms with van der Waals surface area (Å²) in [6.45, 7) is 2.06. The van der Waals surface area contributed by atoms with Gasteiger partial charge < -0.3 is 14.2 Å². The summed E-state index contributed by atoms with van der Waals surface area (Å²) in [4.78, 5) is 23.8. The molecule has 9 nitrogen and oxygen atoms in total. The summed E-state index contributed by atoms with van der Waals surface area (Å²) in [5.41, 5.74) is 1.89. The van der Waals surface area contributed by atoms with Crippen LogP contribution in [0.5, 0.6) is 17.2 Å². The molecule has 194 valence electrons. The largest absolute Gasteiger partial charge is 0.486 e. The number of anilines is 1. The molecule has 0 bridgehead atoms. The average Bonchev–Trinajstić information content (AvgIpc) is 2.93. The highest BCUT2D eigenvalue weighted by Crippen LogP contribution is 2.35. The Bertz CT molecular complexity index is 1550. The molecule has 0 aliphatic carbocycles. The SMILES string of the molecule is COC(=O)c1cc(Oc2ccc(N=O)c(OCc3ccccc3)c2)ccc1NS(=O)(=O)c1ccc(C)cc1. The van der Waals surface area contributed by atoms with E-state index < -0.39 is 16.0 Å². The number of nitrogens with one attached hydrogen (secondary N) is 1. The summed E-state index contributed by atoms with van der Waals surface area (Å²) in [6.07, 6.45) is 0. The molecule has 0 spiro atoms. The monoisotopic (exact) mass is 532 g/mol. The van der Waals surface area contributed by atoms with Gasteiger partial charge in [0.15, 0.2) is 5.75 Å². The van der Waals surface area contributed by atoms with Crippen molar-refractivity contribution in [3.05, 3.63) is 113 Å². The normalized spacial score (nSPS) is 10.9. The number of sulfonamides is 1. The van der Waals surface area contributed by atoms with Crippen molar-refractivity contribution in [2.75, 3.05) is 11.8 Å². The highest BCUT2D eigenvalue weighted by Gasteiger charge is 2.20. The maximum atomic E-state index is 12.9. The Balaban J connectivity index is 1.58. The van der Waals surface area contributed by atoms with Crippen LogP contribution in [0.4, 0.5) is 11.4 Å². The van der Waals surface area contributed by atoms with E-state index in [1.165, 1.54) is 55.6 Å². The molecular formula is C28H24N2O7S. The highest BCUT2D eigenvalue weighted by molar-refractivity contribution is 7.92. The number of rotatable bonds is 10. The Hall–Kier alpha value is -4.70. The maximum Gasteiger partial charge on any atom is 0.340 e. The van der Waals surface area contributed by atoms with Gasteiger partial charge >= 0.3 is 5.97 Å². The van der Waals surface area contributed by atoms with Gasteiger partial charge in [-0.05, 0) is 60.1 Å². The molecule has 0 fully saturated rings. The van der Waals surface area contributed by atoms with Gasteiger partial charge in [-0.1, -0.05) is 48.0 Å². The summed E-state index contributed by atoms with van der Waals surface area (Å²) in [5.74, 6) is -0.00441. The second-order valence-electron chi connectivity index (χ2n) is 8.21. The van der Waals surface area contributed by atoms with Crippen molar-refractivity contribution < 1.29 is 27.4 Å². The van der Waals surface area contributed by atoms with Crippen LogP contribution in [-0.2, 0) is 21.4 Å². The number of ether oxygens (including phenoxy) is 3. The number of carbonyl (C=O) groups excluding carboxylic acids is 1. The van der Waals surface area contributed by atoms with Crippen LogP contribution in [0, 0.1) is 11.8 Å². The minimum absolute atomic E-state index is 0.0251. The molecule has 0 heterocycles.